The minimum atomic E-state index is -0.843. The monoisotopic (exact) mass is 258 g/mol. The minimum absolute atomic E-state index is 0.0237. The smallest absolute Gasteiger partial charge is 0.315 e. The summed E-state index contributed by atoms with van der Waals surface area (Å²) in [6.07, 6.45) is 2.52. The molecule has 6 nitrogen and oxygen atoms in total. The predicted molar refractivity (Wildman–Crippen MR) is 66.4 cm³/mol. The molecule has 18 heavy (non-hydrogen) atoms. The highest BCUT2D eigenvalue weighted by atomic mass is 16.5. The maximum absolute atomic E-state index is 11.5. The Morgan fingerprint density at radius 3 is 2.72 bits per heavy atom. The van der Waals surface area contributed by atoms with Crippen LogP contribution < -0.4 is 10.6 Å². The van der Waals surface area contributed by atoms with Crippen molar-refractivity contribution in [1.29, 1.82) is 0 Å². The average molecular weight is 258 g/mol. The van der Waals surface area contributed by atoms with Crippen molar-refractivity contribution in [2.75, 3.05) is 13.2 Å². The van der Waals surface area contributed by atoms with Gasteiger partial charge in [0.05, 0.1) is 18.1 Å². The van der Waals surface area contributed by atoms with Crippen molar-refractivity contribution in [3.05, 3.63) is 0 Å². The van der Waals surface area contributed by atoms with Gasteiger partial charge in [0, 0.05) is 13.2 Å². The third kappa shape index (κ3) is 4.91. The number of nitrogens with one attached hydrogen (secondary N) is 2. The van der Waals surface area contributed by atoms with E-state index in [0.29, 0.717) is 13.0 Å². The molecule has 2 amide bonds. The topological polar surface area (TPSA) is 87.7 Å². The number of aliphatic carboxylic acids is 1. The molecule has 1 saturated heterocycles. The lowest BCUT2D eigenvalue weighted by molar-refractivity contribution is -0.141. The minimum Gasteiger partial charge on any atom is -0.481 e. The van der Waals surface area contributed by atoms with Crippen LogP contribution >= 0.6 is 0 Å². The van der Waals surface area contributed by atoms with Crippen LogP contribution in [0, 0.1) is 5.92 Å². The average Bonchev–Trinajstić information content (AvgIpc) is 2.81. The van der Waals surface area contributed by atoms with Crippen LogP contribution in [0.5, 0.6) is 0 Å². The van der Waals surface area contributed by atoms with Crippen molar-refractivity contribution in [3.8, 4) is 0 Å². The normalized spacial score (nSPS) is 22.2. The zero-order valence-corrected chi connectivity index (χ0v) is 10.9. The Morgan fingerprint density at radius 1 is 1.44 bits per heavy atom. The highest BCUT2D eigenvalue weighted by Crippen LogP contribution is 2.15. The lowest BCUT2D eigenvalue weighted by Crippen LogP contribution is -2.46. The molecule has 3 unspecified atom stereocenters. The fourth-order valence-corrected chi connectivity index (χ4v) is 1.87. The lowest BCUT2D eigenvalue weighted by Gasteiger charge is -2.20. The van der Waals surface area contributed by atoms with Gasteiger partial charge in [0.25, 0.3) is 0 Å². The fourth-order valence-electron chi connectivity index (χ4n) is 1.87. The van der Waals surface area contributed by atoms with Gasteiger partial charge in [-0.1, -0.05) is 6.92 Å². The zero-order chi connectivity index (χ0) is 13.5. The summed E-state index contributed by atoms with van der Waals surface area (Å²) in [6, 6.07) is -0.292. The second-order valence-electron chi connectivity index (χ2n) is 4.77. The van der Waals surface area contributed by atoms with E-state index in [1.807, 2.05) is 6.92 Å². The van der Waals surface area contributed by atoms with Gasteiger partial charge in [-0.2, -0.15) is 0 Å². The molecule has 0 aromatic rings. The molecular formula is C12H22N2O4. The van der Waals surface area contributed by atoms with Crippen LogP contribution in [0.2, 0.25) is 0 Å². The maximum Gasteiger partial charge on any atom is 0.315 e. The van der Waals surface area contributed by atoms with Gasteiger partial charge in [0.2, 0.25) is 0 Å². The van der Waals surface area contributed by atoms with E-state index in [1.54, 1.807) is 6.92 Å². The van der Waals surface area contributed by atoms with Crippen LogP contribution in [-0.4, -0.2) is 42.4 Å². The first-order chi connectivity index (χ1) is 8.50. The van der Waals surface area contributed by atoms with E-state index in [0.717, 1.165) is 19.4 Å². The summed E-state index contributed by atoms with van der Waals surface area (Å²) in [5, 5.41) is 14.1. The van der Waals surface area contributed by atoms with Crippen LogP contribution in [0.4, 0.5) is 4.79 Å². The van der Waals surface area contributed by atoms with Crippen LogP contribution in [-0.2, 0) is 9.53 Å². The largest absolute Gasteiger partial charge is 0.481 e. The summed E-state index contributed by atoms with van der Waals surface area (Å²) in [7, 11) is 0. The van der Waals surface area contributed by atoms with E-state index in [1.165, 1.54) is 0 Å². The molecule has 1 aliphatic heterocycles. The van der Waals surface area contributed by atoms with Gasteiger partial charge in [0.1, 0.15) is 0 Å². The summed E-state index contributed by atoms with van der Waals surface area (Å²) in [6.45, 7) is 4.65. The highest BCUT2D eigenvalue weighted by Gasteiger charge is 2.23. The van der Waals surface area contributed by atoms with E-state index < -0.39 is 11.9 Å². The van der Waals surface area contributed by atoms with Crippen molar-refractivity contribution in [1.82, 2.24) is 10.6 Å². The molecule has 0 aromatic carbocycles. The molecule has 1 fully saturated rings. The van der Waals surface area contributed by atoms with Gasteiger partial charge in [-0.15, -0.1) is 0 Å². The SMILES string of the molecule is CC(CCNC(=O)NC(C)C1CCCO1)C(=O)O. The predicted octanol–water partition coefficient (Wildman–Crippen LogP) is 0.964. The molecule has 0 spiro atoms. The molecule has 1 rings (SSSR count). The summed E-state index contributed by atoms with van der Waals surface area (Å²) in [4.78, 5) is 22.1. The van der Waals surface area contributed by atoms with Crippen molar-refractivity contribution in [3.63, 3.8) is 0 Å². The molecule has 0 bridgehead atoms. The highest BCUT2D eigenvalue weighted by molar-refractivity contribution is 5.74. The lowest BCUT2D eigenvalue weighted by atomic mass is 10.1. The summed E-state index contributed by atoms with van der Waals surface area (Å²) in [5.74, 6) is -1.29. The number of ether oxygens (including phenoxy) is 1. The van der Waals surface area contributed by atoms with Gasteiger partial charge >= 0.3 is 12.0 Å². The number of carboxylic acid groups (broad SMARTS) is 1. The third-order valence-corrected chi connectivity index (χ3v) is 3.17. The third-order valence-electron chi connectivity index (χ3n) is 3.17. The molecular weight excluding hydrogens is 236 g/mol. The second kappa shape index (κ2) is 7.20. The molecule has 1 aliphatic rings. The first kappa shape index (κ1) is 14.8. The number of carbonyl (C=O) groups is 2. The van der Waals surface area contributed by atoms with E-state index >= 15 is 0 Å². The molecule has 1 heterocycles. The van der Waals surface area contributed by atoms with E-state index in [-0.39, 0.29) is 18.2 Å². The Hall–Kier alpha value is -1.30. The Labute approximate surface area is 107 Å². The van der Waals surface area contributed by atoms with E-state index in [9.17, 15) is 9.59 Å². The molecule has 3 atom stereocenters. The number of amides is 2. The number of carbonyl (C=O) groups excluding carboxylic acids is 1. The second-order valence-corrected chi connectivity index (χ2v) is 4.77. The van der Waals surface area contributed by atoms with Crippen LogP contribution in [0.1, 0.15) is 33.1 Å². The van der Waals surface area contributed by atoms with Crippen LogP contribution in [0.25, 0.3) is 0 Å². The van der Waals surface area contributed by atoms with Crippen LogP contribution in [0.3, 0.4) is 0 Å². The molecule has 0 aliphatic carbocycles. The summed E-state index contributed by atoms with van der Waals surface area (Å²) < 4.78 is 5.47. The summed E-state index contributed by atoms with van der Waals surface area (Å²) in [5.41, 5.74) is 0. The van der Waals surface area contributed by atoms with Gasteiger partial charge in [-0.3, -0.25) is 4.79 Å². The number of urea groups is 1. The number of hydrogen-bond acceptors (Lipinski definition) is 3. The molecule has 6 heteroatoms. The van der Waals surface area contributed by atoms with E-state index in [2.05, 4.69) is 10.6 Å². The Morgan fingerprint density at radius 2 is 2.17 bits per heavy atom. The molecule has 3 N–H and O–H groups in total. The number of carboxylic acids is 1. The number of hydrogen-bond donors (Lipinski definition) is 3. The molecule has 0 radical (unpaired) electrons. The van der Waals surface area contributed by atoms with Crippen LogP contribution in [0.15, 0.2) is 0 Å². The Kier molecular flexibility index (Phi) is 5.91. The van der Waals surface area contributed by atoms with Gasteiger partial charge in [-0.05, 0) is 26.2 Å². The van der Waals surface area contributed by atoms with Crippen molar-refractivity contribution < 1.29 is 19.4 Å². The molecule has 104 valence electrons. The Balaban J connectivity index is 2.15. The Bertz CT molecular complexity index is 290. The van der Waals surface area contributed by atoms with Crippen molar-refractivity contribution in [2.24, 2.45) is 5.92 Å². The molecule has 0 aromatic heterocycles. The zero-order valence-electron chi connectivity index (χ0n) is 10.9. The number of rotatable bonds is 6. The van der Waals surface area contributed by atoms with Gasteiger partial charge in [0.15, 0.2) is 0 Å². The van der Waals surface area contributed by atoms with Gasteiger partial charge < -0.3 is 20.5 Å². The van der Waals surface area contributed by atoms with Gasteiger partial charge in [-0.25, -0.2) is 4.79 Å². The quantitative estimate of drug-likeness (QED) is 0.662. The van der Waals surface area contributed by atoms with Crippen molar-refractivity contribution in [2.45, 2.75) is 45.3 Å². The first-order valence-corrected chi connectivity index (χ1v) is 6.39. The fraction of sp³-hybridized carbons (Fsp3) is 0.833. The first-order valence-electron chi connectivity index (χ1n) is 6.39. The molecule has 0 saturated carbocycles. The summed E-state index contributed by atoms with van der Waals surface area (Å²) >= 11 is 0. The standard InChI is InChI=1S/C12H22N2O4/c1-8(11(15)16)5-6-13-12(17)14-9(2)10-4-3-7-18-10/h8-10H,3-7H2,1-2H3,(H,15,16)(H2,13,14,17). The van der Waals surface area contributed by atoms with E-state index in [4.69, 9.17) is 9.84 Å². The maximum atomic E-state index is 11.5. The van der Waals surface area contributed by atoms with Crippen molar-refractivity contribution >= 4 is 12.0 Å².